The molecular weight excluding hydrogens is 1290 g/mol. The Bertz CT molecular complexity index is 7150. The van der Waals surface area contributed by atoms with Gasteiger partial charge < -0.3 is 18.0 Å². The fraction of sp³-hybridized carbons (Fsp3) is 0. The lowest BCUT2D eigenvalue weighted by molar-refractivity contribution is 0.668. The van der Waals surface area contributed by atoms with Gasteiger partial charge in [0.25, 0.3) is 0 Å². The number of hydrogen-bond acceptors (Lipinski definition) is 6. The Balaban J connectivity index is 0.000000136. The van der Waals surface area contributed by atoms with Crippen molar-refractivity contribution in [1.29, 1.82) is 0 Å². The summed E-state index contributed by atoms with van der Waals surface area (Å²) in [5, 5.41) is 14.0. The maximum Gasteiger partial charge on any atom is 0.180 e. The molecule has 0 N–H and O–H groups in total. The first-order chi connectivity index (χ1) is 52.5. The molecule has 0 amide bonds. The van der Waals surface area contributed by atoms with Crippen molar-refractivity contribution in [3.05, 3.63) is 364 Å². The van der Waals surface area contributed by atoms with E-state index >= 15 is 0 Å². The number of fused-ring (bicyclic) bond motifs is 16. The first-order valence-corrected chi connectivity index (χ1v) is 35.8. The highest BCUT2D eigenvalue weighted by atomic mass is 16.3. The SMILES string of the molecule is c1ccc(-c2ccc3cc(-c4nc(-c5ccccc5)nc5c4oc4c(-c6ccc(-n7c8ccccc8c8ccccc87)cc6)cccc45)ccc3c2)cc1.c1ccc(-c2nc(-c3ccc4c(ccc5ccccc54)c3)c3oc4c(-c5cccc(-n6c7ccccc7c7ccccc76)c5)cccc4c3n2)cc1. The quantitative estimate of drug-likeness (QED) is 0.134. The molecule has 6 heterocycles. The van der Waals surface area contributed by atoms with Gasteiger partial charge in [0, 0.05) is 77.1 Å². The topological polar surface area (TPSA) is 87.7 Å². The Kier molecular flexibility index (Phi) is 14.1. The third-order valence-corrected chi connectivity index (χ3v) is 21.0. The highest BCUT2D eigenvalue weighted by molar-refractivity contribution is 6.16. The Morgan fingerprint density at radius 3 is 1.12 bits per heavy atom. The van der Waals surface area contributed by atoms with E-state index in [-0.39, 0.29) is 0 Å². The van der Waals surface area contributed by atoms with Crippen LogP contribution in [0.15, 0.2) is 373 Å². The molecule has 22 rings (SSSR count). The molecular formula is C98H60N6O2. The zero-order chi connectivity index (χ0) is 69.8. The van der Waals surface area contributed by atoms with Crippen LogP contribution in [0.25, 0.3) is 210 Å². The molecule has 0 saturated heterocycles. The van der Waals surface area contributed by atoms with E-state index in [9.17, 15) is 0 Å². The third-order valence-electron chi connectivity index (χ3n) is 21.0. The fourth-order valence-corrected chi connectivity index (χ4v) is 16.0. The van der Waals surface area contributed by atoms with Crippen molar-refractivity contribution in [3.8, 4) is 90.0 Å². The van der Waals surface area contributed by atoms with E-state index < -0.39 is 0 Å². The molecule has 0 aliphatic rings. The number of furan rings is 2. The summed E-state index contributed by atoms with van der Waals surface area (Å²) in [4.78, 5) is 20.7. The molecule has 22 aromatic rings. The van der Waals surface area contributed by atoms with Gasteiger partial charge in [-0.1, -0.05) is 285 Å². The van der Waals surface area contributed by atoms with Crippen LogP contribution in [0, 0.1) is 0 Å². The predicted octanol–water partition coefficient (Wildman–Crippen LogP) is 26.1. The molecule has 106 heavy (non-hydrogen) atoms. The molecule has 8 heteroatoms. The first-order valence-electron chi connectivity index (χ1n) is 35.8. The molecule has 494 valence electrons. The lowest BCUT2D eigenvalue weighted by Crippen LogP contribution is -1.94. The van der Waals surface area contributed by atoms with Crippen molar-refractivity contribution in [2.75, 3.05) is 0 Å². The molecule has 0 aliphatic carbocycles. The van der Waals surface area contributed by atoms with Gasteiger partial charge in [0.15, 0.2) is 22.8 Å². The molecule has 0 saturated carbocycles. The third kappa shape index (κ3) is 10.1. The fourth-order valence-electron chi connectivity index (χ4n) is 16.0. The molecule has 0 aliphatic heterocycles. The van der Waals surface area contributed by atoms with E-state index in [2.05, 4.69) is 331 Å². The van der Waals surface area contributed by atoms with Gasteiger partial charge in [0.05, 0.1) is 22.1 Å². The lowest BCUT2D eigenvalue weighted by Gasteiger charge is -2.10. The minimum atomic E-state index is 0.668. The molecule has 0 spiro atoms. The van der Waals surface area contributed by atoms with Crippen molar-refractivity contribution in [3.63, 3.8) is 0 Å². The number of hydrogen-bond donors (Lipinski definition) is 0. The monoisotopic (exact) mass is 1350 g/mol. The Labute approximate surface area is 608 Å². The van der Waals surface area contributed by atoms with E-state index in [0.717, 1.165) is 111 Å². The molecule has 0 atom stereocenters. The van der Waals surface area contributed by atoms with Crippen molar-refractivity contribution < 1.29 is 8.83 Å². The summed E-state index contributed by atoms with van der Waals surface area (Å²) in [7, 11) is 0. The van der Waals surface area contributed by atoms with Gasteiger partial charge in [-0.25, -0.2) is 19.9 Å². The van der Waals surface area contributed by atoms with Crippen LogP contribution >= 0.6 is 0 Å². The predicted molar refractivity (Wildman–Crippen MR) is 438 cm³/mol. The van der Waals surface area contributed by atoms with Gasteiger partial charge >= 0.3 is 0 Å². The van der Waals surface area contributed by atoms with Gasteiger partial charge in [0.1, 0.15) is 33.6 Å². The average Bonchev–Trinajstić information content (AvgIpc) is 1.57. The van der Waals surface area contributed by atoms with Crippen LogP contribution < -0.4 is 0 Å². The average molecular weight is 1350 g/mol. The van der Waals surface area contributed by atoms with Crippen LogP contribution in [-0.4, -0.2) is 29.1 Å². The van der Waals surface area contributed by atoms with Gasteiger partial charge in [-0.05, 0) is 133 Å². The van der Waals surface area contributed by atoms with Gasteiger partial charge in [0.2, 0.25) is 0 Å². The Hall–Kier alpha value is -14.3. The molecule has 16 aromatic carbocycles. The maximum atomic E-state index is 6.94. The van der Waals surface area contributed by atoms with Crippen molar-refractivity contribution in [1.82, 2.24) is 29.1 Å². The molecule has 8 nitrogen and oxygen atoms in total. The summed E-state index contributed by atoms with van der Waals surface area (Å²) in [5.41, 5.74) is 23.5. The van der Waals surface area contributed by atoms with E-state index in [1.54, 1.807) is 0 Å². The summed E-state index contributed by atoms with van der Waals surface area (Å²) in [5.74, 6) is 1.34. The summed E-state index contributed by atoms with van der Waals surface area (Å²) in [6.07, 6.45) is 0. The second-order valence-corrected chi connectivity index (χ2v) is 27.1. The second-order valence-electron chi connectivity index (χ2n) is 27.1. The zero-order valence-corrected chi connectivity index (χ0v) is 57.1. The van der Waals surface area contributed by atoms with E-state index in [0.29, 0.717) is 22.8 Å². The highest BCUT2D eigenvalue weighted by Crippen LogP contribution is 2.45. The Morgan fingerprint density at radius 1 is 0.198 bits per heavy atom. The van der Waals surface area contributed by atoms with Gasteiger partial charge in [-0.15, -0.1) is 0 Å². The molecule has 0 radical (unpaired) electrons. The molecule has 0 unspecified atom stereocenters. The summed E-state index contributed by atoms with van der Waals surface area (Å²) < 4.78 is 18.5. The smallest absolute Gasteiger partial charge is 0.180 e. The van der Waals surface area contributed by atoms with Crippen LogP contribution in [0.3, 0.4) is 0 Å². The van der Waals surface area contributed by atoms with Crippen LogP contribution in [0.1, 0.15) is 0 Å². The van der Waals surface area contributed by atoms with Gasteiger partial charge in [-0.2, -0.15) is 0 Å². The van der Waals surface area contributed by atoms with Crippen LogP contribution in [0.5, 0.6) is 0 Å². The number of aromatic nitrogens is 6. The summed E-state index contributed by atoms with van der Waals surface area (Å²) in [6.45, 7) is 0. The normalized spacial score (nSPS) is 11.8. The second kappa shape index (κ2) is 24.7. The standard InChI is InChI=1S/C50H31N3O.C48H29N3O/c1-3-12-32(13-4-1)35-22-23-37-31-38(25-24-36(37)30-35)46-49-47(52-50(51-46)34-14-5-2-6-15-34)43-19-11-18-40(48(43)54-49)33-26-28-39(29-27-33)53-44-20-9-7-16-41(44)42-17-8-10-21-45(42)53;1-2-13-31(14-3-1)48-49-44(34-26-27-37-33(28-34)25-24-30-12-4-5-17-36(30)37)47-45(50-48)41-21-11-20-38(46(41)52-47)32-15-10-16-35(29-32)51-42-22-8-6-18-39(42)40-19-7-9-23-43(40)51/h1-31H;1-29H. The van der Waals surface area contributed by atoms with Crippen LogP contribution in [0.2, 0.25) is 0 Å². The van der Waals surface area contributed by atoms with Crippen LogP contribution in [-0.2, 0) is 0 Å². The molecule has 6 aromatic heterocycles. The van der Waals surface area contributed by atoms with Gasteiger partial charge in [-0.3, -0.25) is 0 Å². The summed E-state index contributed by atoms with van der Waals surface area (Å²) in [6, 6.07) is 128. The highest BCUT2D eigenvalue weighted by Gasteiger charge is 2.25. The van der Waals surface area contributed by atoms with Crippen molar-refractivity contribution >= 4 is 120 Å². The minimum Gasteiger partial charge on any atom is -0.451 e. The summed E-state index contributed by atoms with van der Waals surface area (Å²) >= 11 is 0. The van der Waals surface area contributed by atoms with E-state index in [1.165, 1.54) is 76.3 Å². The van der Waals surface area contributed by atoms with Crippen LogP contribution in [0.4, 0.5) is 0 Å². The lowest BCUT2D eigenvalue weighted by atomic mass is 9.99. The van der Waals surface area contributed by atoms with E-state index in [1.807, 2.05) is 42.5 Å². The van der Waals surface area contributed by atoms with E-state index in [4.69, 9.17) is 28.8 Å². The number of rotatable bonds is 9. The number of benzene rings is 16. The van der Waals surface area contributed by atoms with Crippen molar-refractivity contribution in [2.45, 2.75) is 0 Å². The number of nitrogens with zero attached hydrogens (tertiary/aromatic N) is 6. The Morgan fingerprint density at radius 2 is 0.575 bits per heavy atom. The first kappa shape index (κ1) is 60.4. The zero-order valence-electron chi connectivity index (χ0n) is 57.1. The largest absolute Gasteiger partial charge is 0.451 e. The number of para-hydroxylation sites is 6. The molecule has 0 fully saturated rings. The minimum absolute atomic E-state index is 0.668. The van der Waals surface area contributed by atoms with Crippen molar-refractivity contribution in [2.24, 2.45) is 0 Å². The maximum absolute atomic E-state index is 6.94. The molecule has 0 bridgehead atoms.